The van der Waals surface area contributed by atoms with Gasteiger partial charge in [0, 0.05) is 37.8 Å². The number of amides is 2. The van der Waals surface area contributed by atoms with E-state index in [2.05, 4.69) is 10.4 Å². The molecule has 150 valence electrons. The molecule has 1 aromatic carbocycles. The molecule has 1 unspecified atom stereocenters. The van der Waals surface area contributed by atoms with Crippen LogP contribution in [0.3, 0.4) is 0 Å². The van der Waals surface area contributed by atoms with E-state index in [1.165, 1.54) is 17.5 Å². The molecule has 0 bridgehead atoms. The maximum absolute atomic E-state index is 12.8. The van der Waals surface area contributed by atoms with Gasteiger partial charge in [0.1, 0.15) is 5.82 Å². The molecule has 1 saturated heterocycles. The lowest BCUT2D eigenvalue weighted by molar-refractivity contribution is 0.190. The Bertz CT molecular complexity index is 910. The number of piperidine rings is 1. The van der Waals surface area contributed by atoms with Crippen molar-refractivity contribution in [3.8, 4) is 0 Å². The van der Waals surface area contributed by atoms with E-state index in [-0.39, 0.29) is 23.7 Å². The molecule has 2 amide bonds. The molecule has 1 aliphatic heterocycles. The fourth-order valence-electron chi connectivity index (χ4n) is 4.58. The highest BCUT2D eigenvalue weighted by molar-refractivity contribution is 5.89. The van der Waals surface area contributed by atoms with Gasteiger partial charge in [-0.15, -0.1) is 0 Å². The van der Waals surface area contributed by atoms with Crippen LogP contribution < -0.4 is 11.0 Å². The van der Waals surface area contributed by atoms with Crippen LogP contribution in [0.15, 0.2) is 29.1 Å². The van der Waals surface area contributed by atoms with Crippen molar-refractivity contribution in [3.05, 3.63) is 46.1 Å². The third-order valence-electron chi connectivity index (χ3n) is 6.02. The monoisotopic (exact) mass is 383 g/mol. The molecule has 2 aromatic rings. The van der Waals surface area contributed by atoms with E-state index in [4.69, 9.17) is 0 Å². The number of likely N-dealkylation sites (tertiary alicyclic amines) is 1. The molecule has 2 fully saturated rings. The number of carbonyl (C=O) groups is 1. The minimum absolute atomic E-state index is 0.0248. The van der Waals surface area contributed by atoms with E-state index in [1.807, 2.05) is 40.7 Å². The van der Waals surface area contributed by atoms with Crippen LogP contribution in [-0.4, -0.2) is 38.4 Å². The Balaban J connectivity index is 1.52. The molecular weight excluding hydrogens is 354 g/mol. The molecule has 1 aromatic heterocycles. The Morgan fingerprint density at radius 3 is 2.71 bits per heavy atom. The van der Waals surface area contributed by atoms with Crippen molar-refractivity contribution >= 4 is 11.7 Å². The number of benzene rings is 1. The summed E-state index contributed by atoms with van der Waals surface area (Å²) in [4.78, 5) is 27.3. The largest absolute Gasteiger partial charge is 0.345 e. The summed E-state index contributed by atoms with van der Waals surface area (Å²) in [6.07, 6.45) is 6.30. The molecule has 7 nitrogen and oxygen atoms in total. The lowest BCUT2D eigenvalue weighted by Gasteiger charge is -2.32. The first-order chi connectivity index (χ1) is 13.5. The number of nitrogens with zero attached hydrogens (tertiary/aromatic N) is 4. The maximum Gasteiger partial charge on any atom is 0.345 e. The van der Waals surface area contributed by atoms with Crippen LogP contribution in [0.5, 0.6) is 0 Å². The van der Waals surface area contributed by atoms with Gasteiger partial charge in [0.25, 0.3) is 0 Å². The van der Waals surface area contributed by atoms with Gasteiger partial charge in [0.15, 0.2) is 0 Å². The number of carbonyl (C=O) groups excluding carboxylic acids is 1. The zero-order valence-electron chi connectivity index (χ0n) is 16.7. The van der Waals surface area contributed by atoms with Crippen LogP contribution in [0.2, 0.25) is 0 Å². The minimum atomic E-state index is -0.0824. The van der Waals surface area contributed by atoms with Gasteiger partial charge in [0.05, 0.1) is 0 Å². The number of urea groups is 1. The smallest absolute Gasteiger partial charge is 0.324 e. The van der Waals surface area contributed by atoms with Crippen molar-refractivity contribution in [2.75, 3.05) is 18.4 Å². The molecule has 2 aliphatic rings. The van der Waals surface area contributed by atoms with Crippen molar-refractivity contribution in [1.29, 1.82) is 0 Å². The number of hydrogen-bond donors (Lipinski definition) is 1. The summed E-state index contributed by atoms with van der Waals surface area (Å²) in [6.45, 7) is 3.34. The third kappa shape index (κ3) is 3.70. The Labute approximate surface area is 165 Å². The average molecular weight is 383 g/mol. The van der Waals surface area contributed by atoms with E-state index in [9.17, 15) is 9.59 Å². The van der Waals surface area contributed by atoms with Gasteiger partial charge in [-0.05, 0) is 50.3 Å². The molecule has 28 heavy (non-hydrogen) atoms. The fourth-order valence-corrected chi connectivity index (χ4v) is 4.58. The summed E-state index contributed by atoms with van der Waals surface area (Å²) in [5, 5.41) is 7.58. The van der Waals surface area contributed by atoms with Crippen LogP contribution in [-0.2, 0) is 7.05 Å². The SMILES string of the molecule is Cc1cccc(NC(=O)N2CCCC(c3nn(C)c(=O)n3C3CCCC3)C2)c1. The number of hydrogen-bond acceptors (Lipinski definition) is 3. The first-order valence-electron chi connectivity index (χ1n) is 10.3. The van der Waals surface area contributed by atoms with Gasteiger partial charge in [-0.25, -0.2) is 14.3 Å². The second-order valence-electron chi connectivity index (χ2n) is 8.16. The topological polar surface area (TPSA) is 72.2 Å². The number of anilines is 1. The molecule has 4 rings (SSSR count). The molecular formula is C21H29N5O2. The van der Waals surface area contributed by atoms with Crippen LogP contribution in [0.4, 0.5) is 10.5 Å². The van der Waals surface area contributed by atoms with Gasteiger partial charge < -0.3 is 10.2 Å². The molecule has 0 spiro atoms. The Kier molecular flexibility index (Phi) is 5.24. The predicted molar refractivity (Wildman–Crippen MR) is 109 cm³/mol. The lowest BCUT2D eigenvalue weighted by Crippen LogP contribution is -2.42. The first-order valence-corrected chi connectivity index (χ1v) is 10.3. The Morgan fingerprint density at radius 2 is 1.96 bits per heavy atom. The van der Waals surface area contributed by atoms with Crippen LogP contribution in [0.25, 0.3) is 0 Å². The molecule has 2 heterocycles. The minimum Gasteiger partial charge on any atom is -0.324 e. The van der Waals surface area contributed by atoms with Gasteiger partial charge in [0.2, 0.25) is 0 Å². The normalized spacial score (nSPS) is 20.5. The zero-order chi connectivity index (χ0) is 19.7. The Morgan fingerprint density at radius 1 is 1.18 bits per heavy atom. The highest BCUT2D eigenvalue weighted by Crippen LogP contribution is 2.33. The second-order valence-corrected chi connectivity index (χ2v) is 8.16. The van der Waals surface area contributed by atoms with Gasteiger partial charge in [-0.2, -0.15) is 5.10 Å². The van der Waals surface area contributed by atoms with E-state index in [0.29, 0.717) is 6.54 Å². The van der Waals surface area contributed by atoms with E-state index in [1.54, 1.807) is 7.05 Å². The van der Waals surface area contributed by atoms with Crippen molar-refractivity contribution in [3.63, 3.8) is 0 Å². The van der Waals surface area contributed by atoms with E-state index < -0.39 is 0 Å². The number of rotatable bonds is 3. The van der Waals surface area contributed by atoms with Crippen LogP contribution in [0.1, 0.15) is 61.9 Å². The molecule has 1 aliphatic carbocycles. The summed E-state index contributed by atoms with van der Waals surface area (Å²) < 4.78 is 3.37. The fraction of sp³-hybridized carbons (Fsp3) is 0.571. The number of aryl methyl sites for hydroxylation is 2. The maximum atomic E-state index is 12.8. The molecule has 1 saturated carbocycles. The standard InChI is InChI=1S/C21H29N5O2/c1-15-7-5-9-17(13-15)22-20(27)25-12-6-8-16(14-25)19-23-24(2)21(28)26(19)18-10-3-4-11-18/h5,7,9,13,16,18H,3-4,6,8,10-12,14H2,1-2H3,(H,22,27). The third-order valence-corrected chi connectivity index (χ3v) is 6.02. The highest BCUT2D eigenvalue weighted by atomic mass is 16.2. The number of aromatic nitrogens is 3. The summed E-state index contributed by atoms with van der Waals surface area (Å²) in [5.41, 5.74) is 1.90. The zero-order valence-corrected chi connectivity index (χ0v) is 16.7. The summed E-state index contributed by atoms with van der Waals surface area (Å²) >= 11 is 0. The van der Waals surface area contributed by atoms with Crippen molar-refractivity contribution in [1.82, 2.24) is 19.2 Å². The van der Waals surface area contributed by atoms with Crippen molar-refractivity contribution < 1.29 is 4.79 Å². The molecule has 0 radical (unpaired) electrons. The quantitative estimate of drug-likeness (QED) is 0.883. The van der Waals surface area contributed by atoms with Crippen LogP contribution >= 0.6 is 0 Å². The Hall–Kier alpha value is -2.57. The van der Waals surface area contributed by atoms with Crippen molar-refractivity contribution in [2.45, 2.75) is 57.4 Å². The molecule has 1 atom stereocenters. The summed E-state index contributed by atoms with van der Waals surface area (Å²) in [5.74, 6) is 0.957. The number of nitrogens with one attached hydrogen (secondary N) is 1. The predicted octanol–water partition coefficient (Wildman–Crippen LogP) is 3.42. The highest BCUT2D eigenvalue weighted by Gasteiger charge is 2.32. The average Bonchev–Trinajstić information content (AvgIpc) is 3.30. The summed E-state index contributed by atoms with van der Waals surface area (Å²) in [6, 6.07) is 8.00. The molecule has 1 N–H and O–H groups in total. The van der Waals surface area contributed by atoms with E-state index >= 15 is 0 Å². The second kappa shape index (κ2) is 7.81. The van der Waals surface area contributed by atoms with Gasteiger partial charge >= 0.3 is 11.7 Å². The lowest BCUT2D eigenvalue weighted by atomic mass is 9.97. The van der Waals surface area contributed by atoms with E-state index in [0.717, 1.165) is 49.3 Å². The van der Waals surface area contributed by atoms with Gasteiger partial charge in [-0.1, -0.05) is 25.0 Å². The van der Waals surface area contributed by atoms with Crippen LogP contribution in [0, 0.1) is 6.92 Å². The van der Waals surface area contributed by atoms with Gasteiger partial charge in [-0.3, -0.25) is 4.57 Å². The first kappa shape index (κ1) is 18.8. The summed E-state index contributed by atoms with van der Waals surface area (Å²) in [7, 11) is 1.72. The van der Waals surface area contributed by atoms with Crippen molar-refractivity contribution in [2.24, 2.45) is 7.05 Å². The molecule has 7 heteroatoms.